The average Bonchev–Trinajstić information content (AvgIpc) is 3.23. The van der Waals surface area contributed by atoms with Crippen molar-refractivity contribution in [3.63, 3.8) is 0 Å². The largest absolute Gasteiger partial charge is 0.453 e. The van der Waals surface area contributed by atoms with E-state index in [-0.39, 0.29) is 24.4 Å². The minimum atomic E-state index is -1.08. The highest BCUT2D eigenvalue weighted by molar-refractivity contribution is 6.02. The maximum absolute atomic E-state index is 13.2. The van der Waals surface area contributed by atoms with E-state index in [0.29, 0.717) is 13.0 Å². The minimum Gasteiger partial charge on any atom is -0.453 e. The van der Waals surface area contributed by atoms with E-state index < -0.39 is 23.8 Å². The summed E-state index contributed by atoms with van der Waals surface area (Å²) < 4.78 is 18.2. The minimum absolute atomic E-state index is 0.0668. The van der Waals surface area contributed by atoms with Crippen molar-refractivity contribution < 1.29 is 23.5 Å². The summed E-state index contributed by atoms with van der Waals surface area (Å²) in [5, 5.41) is 8.16. The van der Waals surface area contributed by atoms with Gasteiger partial charge in [-0.2, -0.15) is 5.10 Å². The first kappa shape index (κ1) is 21.2. The Balaban J connectivity index is 1.44. The Morgan fingerprint density at radius 1 is 1.13 bits per heavy atom. The number of hydrogen-bond donors (Lipinski definition) is 1. The average molecular weight is 411 g/mol. The van der Waals surface area contributed by atoms with Crippen LogP contribution in [0, 0.1) is 5.82 Å². The second-order valence-electron chi connectivity index (χ2n) is 6.81. The first-order valence-corrected chi connectivity index (χ1v) is 9.61. The van der Waals surface area contributed by atoms with Crippen LogP contribution in [0.3, 0.4) is 0 Å². The number of benzene rings is 2. The molecular weight excluding hydrogens is 389 g/mol. The van der Waals surface area contributed by atoms with Crippen LogP contribution in [0.15, 0.2) is 59.7 Å². The zero-order valence-electron chi connectivity index (χ0n) is 16.5. The third-order valence-electron chi connectivity index (χ3n) is 4.51. The maximum Gasteiger partial charge on any atom is 0.307 e. The molecule has 3 rings (SSSR count). The molecule has 156 valence electrons. The lowest BCUT2D eigenvalue weighted by atomic mass is 10.1. The van der Waals surface area contributed by atoms with Crippen molar-refractivity contribution in [1.29, 1.82) is 0 Å². The Morgan fingerprint density at radius 2 is 1.90 bits per heavy atom. The number of carbonyl (C=O) groups excluding carboxylic acids is 3. The van der Waals surface area contributed by atoms with Crippen molar-refractivity contribution in [3.8, 4) is 0 Å². The van der Waals surface area contributed by atoms with Crippen LogP contribution in [0.5, 0.6) is 0 Å². The molecule has 1 aliphatic rings. The molecule has 2 aromatic carbocycles. The van der Waals surface area contributed by atoms with E-state index in [0.717, 1.165) is 17.3 Å². The summed E-state index contributed by atoms with van der Waals surface area (Å²) in [6, 6.07) is 15.0. The third-order valence-corrected chi connectivity index (χ3v) is 4.51. The molecule has 30 heavy (non-hydrogen) atoms. The number of nitrogens with one attached hydrogen (secondary N) is 1. The van der Waals surface area contributed by atoms with Gasteiger partial charge in [-0.05, 0) is 30.7 Å². The molecule has 0 radical (unpaired) electrons. The van der Waals surface area contributed by atoms with Gasteiger partial charge >= 0.3 is 5.97 Å². The van der Waals surface area contributed by atoms with E-state index in [2.05, 4.69) is 10.4 Å². The molecule has 7 nitrogen and oxygen atoms in total. The van der Waals surface area contributed by atoms with Gasteiger partial charge in [-0.25, -0.2) is 9.40 Å². The predicted molar refractivity (Wildman–Crippen MR) is 109 cm³/mol. The summed E-state index contributed by atoms with van der Waals surface area (Å²) in [7, 11) is 0. The Kier molecular flexibility index (Phi) is 6.90. The van der Waals surface area contributed by atoms with Gasteiger partial charge in [0.1, 0.15) is 5.82 Å². The zero-order chi connectivity index (χ0) is 21.5. The lowest BCUT2D eigenvalue weighted by Gasteiger charge is -2.14. The van der Waals surface area contributed by atoms with Gasteiger partial charge in [0.15, 0.2) is 6.10 Å². The fraction of sp³-hybridized carbons (Fsp3) is 0.273. The molecule has 0 fully saturated rings. The number of nitrogens with zero attached hydrogens (tertiary/aromatic N) is 2. The molecule has 1 atom stereocenters. The fourth-order valence-corrected chi connectivity index (χ4v) is 2.93. The number of anilines is 1. The smallest absolute Gasteiger partial charge is 0.307 e. The van der Waals surface area contributed by atoms with E-state index in [1.165, 1.54) is 30.1 Å². The highest BCUT2D eigenvalue weighted by Crippen LogP contribution is 2.15. The topological polar surface area (TPSA) is 88.1 Å². The molecule has 1 heterocycles. The van der Waals surface area contributed by atoms with Crippen LogP contribution in [-0.4, -0.2) is 41.2 Å². The second kappa shape index (κ2) is 9.78. The first-order valence-electron chi connectivity index (χ1n) is 9.61. The molecule has 1 N–H and O–H groups in total. The van der Waals surface area contributed by atoms with Gasteiger partial charge in [0.2, 0.25) is 5.91 Å². The molecule has 0 bridgehead atoms. The normalized spacial score (nSPS) is 14.1. The highest BCUT2D eigenvalue weighted by Gasteiger charge is 2.23. The van der Waals surface area contributed by atoms with Crippen LogP contribution in [0.25, 0.3) is 0 Å². The number of carbonyl (C=O) groups is 3. The van der Waals surface area contributed by atoms with E-state index >= 15 is 0 Å². The van der Waals surface area contributed by atoms with Crippen LogP contribution in [-0.2, 0) is 19.1 Å². The summed E-state index contributed by atoms with van der Waals surface area (Å²) in [4.78, 5) is 36.4. The summed E-state index contributed by atoms with van der Waals surface area (Å²) in [5.74, 6) is -2.03. The Hall–Kier alpha value is -3.55. The standard InChI is InChI=1S/C22H22FN3O4/c1-15(22(29)24-18-9-5-8-17(23)14-18)30-21(28)11-10-20(27)26-13-12-19(25-26)16-6-3-2-4-7-16/h2-9,14-15H,10-13H2,1H3,(H,24,29)/t15-/m0/s1. The lowest BCUT2D eigenvalue weighted by Crippen LogP contribution is -2.30. The number of rotatable bonds is 7. The quantitative estimate of drug-likeness (QED) is 0.709. The van der Waals surface area contributed by atoms with E-state index in [1.807, 2.05) is 30.3 Å². The Bertz CT molecular complexity index is 962. The van der Waals surface area contributed by atoms with Crippen LogP contribution >= 0.6 is 0 Å². The summed E-state index contributed by atoms with van der Waals surface area (Å²) in [5.41, 5.74) is 2.05. The van der Waals surface area contributed by atoms with E-state index in [9.17, 15) is 18.8 Å². The molecule has 2 amide bonds. The molecule has 0 saturated heterocycles. The highest BCUT2D eigenvalue weighted by atomic mass is 19.1. The maximum atomic E-state index is 13.2. The Labute approximate surface area is 173 Å². The van der Waals surface area contributed by atoms with Gasteiger partial charge in [-0.15, -0.1) is 0 Å². The van der Waals surface area contributed by atoms with Crippen molar-refractivity contribution in [3.05, 3.63) is 66.0 Å². The summed E-state index contributed by atoms with van der Waals surface area (Å²) in [6.07, 6.45) is -0.658. The van der Waals surface area contributed by atoms with Crippen molar-refractivity contribution in [2.75, 3.05) is 11.9 Å². The molecule has 0 unspecified atom stereocenters. The number of halogens is 1. The number of ether oxygens (including phenoxy) is 1. The third kappa shape index (κ3) is 5.73. The van der Waals surface area contributed by atoms with Gasteiger partial charge in [0.25, 0.3) is 5.91 Å². The van der Waals surface area contributed by atoms with Gasteiger partial charge < -0.3 is 10.1 Å². The van der Waals surface area contributed by atoms with Crippen LogP contribution in [0.1, 0.15) is 31.7 Å². The SMILES string of the molecule is C[C@H](OC(=O)CCC(=O)N1CCC(c2ccccc2)=N1)C(=O)Nc1cccc(F)c1. The van der Waals surface area contributed by atoms with Crippen molar-refractivity contribution >= 4 is 29.2 Å². The lowest BCUT2D eigenvalue weighted by molar-refractivity contribution is -0.154. The Morgan fingerprint density at radius 3 is 2.63 bits per heavy atom. The molecule has 2 aromatic rings. The zero-order valence-corrected chi connectivity index (χ0v) is 16.5. The number of hydrazone groups is 1. The van der Waals surface area contributed by atoms with Gasteiger partial charge in [0.05, 0.1) is 18.7 Å². The van der Waals surface area contributed by atoms with Crippen LogP contribution < -0.4 is 5.32 Å². The van der Waals surface area contributed by atoms with Crippen LogP contribution in [0.2, 0.25) is 0 Å². The fourth-order valence-electron chi connectivity index (χ4n) is 2.93. The molecule has 1 aliphatic heterocycles. The van der Waals surface area contributed by atoms with Gasteiger partial charge in [0, 0.05) is 18.5 Å². The molecule has 0 spiro atoms. The second-order valence-corrected chi connectivity index (χ2v) is 6.81. The van der Waals surface area contributed by atoms with E-state index in [1.54, 1.807) is 0 Å². The summed E-state index contributed by atoms with van der Waals surface area (Å²) >= 11 is 0. The van der Waals surface area contributed by atoms with Crippen LogP contribution in [0.4, 0.5) is 10.1 Å². The van der Waals surface area contributed by atoms with Gasteiger partial charge in [-0.3, -0.25) is 14.4 Å². The summed E-state index contributed by atoms with van der Waals surface area (Å²) in [6.45, 7) is 1.87. The number of esters is 1. The predicted octanol–water partition coefficient (Wildman–Crippen LogP) is 3.11. The van der Waals surface area contributed by atoms with Crippen molar-refractivity contribution in [1.82, 2.24) is 5.01 Å². The first-order chi connectivity index (χ1) is 14.4. The van der Waals surface area contributed by atoms with E-state index in [4.69, 9.17) is 4.74 Å². The molecule has 0 saturated carbocycles. The molecule has 0 aromatic heterocycles. The molecular formula is C22H22FN3O4. The number of hydrogen-bond acceptors (Lipinski definition) is 5. The van der Waals surface area contributed by atoms with Gasteiger partial charge in [-0.1, -0.05) is 36.4 Å². The molecule has 8 heteroatoms. The van der Waals surface area contributed by atoms with Crippen molar-refractivity contribution in [2.24, 2.45) is 5.10 Å². The molecule has 0 aliphatic carbocycles. The number of amides is 2. The monoisotopic (exact) mass is 411 g/mol. The van der Waals surface area contributed by atoms with Crippen molar-refractivity contribution in [2.45, 2.75) is 32.3 Å².